The Balaban J connectivity index is 1.54. The largest absolute Gasteiger partial charge is 0.361 e. The summed E-state index contributed by atoms with van der Waals surface area (Å²) in [6.45, 7) is 0.553. The van der Waals surface area contributed by atoms with Crippen LogP contribution in [0.25, 0.3) is 32.8 Å². The number of fused-ring (bicyclic) bond motifs is 3. The Hall–Kier alpha value is -3.18. The SMILES string of the molecule is O=c1c2cc3cc(Cl)ccc3nc2ncn1CCc1c[nH]c2ccccc12. The normalized spacial score (nSPS) is 11.6. The summed E-state index contributed by atoms with van der Waals surface area (Å²) in [5, 5.41) is 3.14. The highest BCUT2D eigenvalue weighted by Crippen LogP contribution is 2.21. The number of para-hydroxylation sites is 1. The van der Waals surface area contributed by atoms with Gasteiger partial charge in [-0.05, 0) is 42.3 Å². The third kappa shape index (κ3) is 2.76. The lowest BCUT2D eigenvalue weighted by molar-refractivity contribution is 0.664. The van der Waals surface area contributed by atoms with E-state index in [1.807, 2.05) is 42.6 Å². The van der Waals surface area contributed by atoms with E-state index in [1.54, 1.807) is 17.0 Å². The summed E-state index contributed by atoms with van der Waals surface area (Å²) in [5.41, 5.74) is 3.42. The summed E-state index contributed by atoms with van der Waals surface area (Å²) in [6.07, 6.45) is 4.32. The first kappa shape index (κ1) is 16.0. The van der Waals surface area contributed by atoms with E-state index >= 15 is 0 Å². The number of halogens is 1. The smallest absolute Gasteiger partial charge is 0.262 e. The van der Waals surface area contributed by atoms with Crippen LogP contribution in [0.4, 0.5) is 0 Å². The molecule has 0 bridgehead atoms. The zero-order valence-electron chi connectivity index (χ0n) is 14.3. The maximum atomic E-state index is 12.9. The molecule has 0 radical (unpaired) electrons. The van der Waals surface area contributed by atoms with Crippen LogP contribution in [0.1, 0.15) is 5.56 Å². The number of aromatic nitrogens is 4. The first-order valence-electron chi connectivity index (χ1n) is 8.69. The summed E-state index contributed by atoms with van der Waals surface area (Å²) in [6, 6.07) is 15.4. The molecule has 0 saturated heterocycles. The highest BCUT2D eigenvalue weighted by atomic mass is 35.5. The molecule has 0 aliphatic carbocycles. The third-order valence-corrected chi connectivity index (χ3v) is 5.10. The van der Waals surface area contributed by atoms with Gasteiger partial charge in [0.1, 0.15) is 0 Å². The van der Waals surface area contributed by atoms with Crippen LogP contribution < -0.4 is 5.56 Å². The number of rotatable bonds is 3. The molecule has 27 heavy (non-hydrogen) atoms. The molecule has 0 spiro atoms. The van der Waals surface area contributed by atoms with Gasteiger partial charge in [-0.3, -0.25) is 9.36 Å². The molecule has 3 heterocycles. The molecule has 0 unspecified atom stereocenters. The van der Waals surface area contributed by atoms with Crippen LogP contribution in [0.3, 0.4) is 0 Å². The molecule has 1 N–H and O–H groups in total. The molecular formula is C21H15ClN4O. The maximum absolute atomic E-state index is 12.9. The second kappa shape index (κ2) is 6.21. The van der Waals surface area contributed by atoms with Crippen LogP contribution in [0, 0.1) is 0 Å². The van der Waals surface area contributed by atoms with Crippen molar-refractivity contribution in [1.29, 1.82) is 0 Å². The van der Waals surface area contributed by atoms with E-state index in [-0.39, 0.29) is 5.56 Å². The van der Waals surface area contributed by atoms with E-state index in [1.165, 1.54) is 10.9 Å². The second-order valence-electron chi connectivity index (χ2n) is 6.55. The lowest BCUT2D eigenvalue weighted by Crippen LogP contribution is -2.22. The zero-order chi connectivity index (χ0) is 18.4. The molecule has 5 rings (SSSR count). The van der Waals surface area contributed by atoms with Gasteiger partial charge in [-0.2, -0.15) is 0 Å². The Kier molecular flexibility index (Phi) is 3.69. The molecule has 0 saturated carbocycles. The Bertz CT molecular complexity index is 1370. The molecule has 0 aliphatic rings. The van der Waals surface area contributed by atoms with Crippen LogP contribution in [-0.4, -0.2) is 19.5 Å². The van der Waals surface area contributed by atoms with Crippen LogP contribution >= 0.6 is 11.6 Å². The molecule has 0 fully saturated rings. The average Bonchev–Trinajstić information content (AvgIpc) is 3.10. The minimum absolute atomic E-state index is 0.0887. The fraction of sp³-hybridized carbons (Fsp3) is 0.0952. The van der Waals surface area contributed by atoms with Crippen LogP contribution in [0.15, 0.2) is 65.8 Å². The lowest BCUT2D eigenvalue weighted by Gasteiger charge is -2.07. The number of aromatic amines is 1. The lowest BCUT2D eigenvalue weighted by atomic mass is 10.1. The van der Waals surface area contributed by atoms with Crippen molar-refractivity contribution in [2.75, 3.05) is 0 Å². The van der Waals surface area contributed by atoms with E-state index < -0.39 is 0 Å². The summed E-state index contributed by atoms with van der Waals surface area (Å²) in [5.74, 6) is 0. The van der Waals surface area contributed by atoms with Gasteiger partial charge in [0, 0.05) is 34.1 Å². The van der Waals surface area contributed by atoms with Crippen LogP contribution in [0.5, 0.6) is 0 Å². The van der Waals surface area contributed by atoms with Crippen molar-refractivity contribution < 1.29 is 0 Å². The van der Waals surface area contributed by atoms with Gasteiger partial charge in [0.05, 0.1) is 17.2 Å². The van der Waals surface area contributed by atoms with Gasteiger partial charge >= 0.3 is 0 Å². The first-order valence-corrected chi connectivity index (χ1v) is 9.07. The standard InChI is InChI=1S/C21H15ClN4O/c22-15-5-6-18-14(9-15)10-17-20(25-18)24-12-26(21(17)27)8-7-13-11-23-19-4-2-1-3-16(13)19/h1-6,9-12,23H,7-8H2. The monoisotopic (exact) mass is 374 g/mol. The van der Waals surface area contributed by atoms with Crippen molar-refractivity contribution >= 4 is 44.4 Å². The number of pyridine rings is 1. The average molecular weight is 375 g/mol. The summed E-state index contributed by atoms with van der Waals surface area (Å²) < 4.78 is 1.64. The topological polar surface area (TPSA) is 63.6 Å². The highest BCUT2D eigenvalue weighted by Gasteiger charge is 2.09. The van der Waals surface area contributed by atoms with Gasteiger partial charge in [-0.15, -0.1) is 0 Å². The number of hydrogen-bond acceptors (Lipinski definition) is 3. The van der Waals surface area contributed by atoms with Gasteiger partial charge in [0.2, 0.25) is 0 Å². The minimum atomic E-state index is -0.0887. The third-order valence-electron chi connectivity index (χ3n) is 4.86. The Labute approximate surface area is 159 Å². The van der Waals surface area contributed by atoms with E-state index in [0.717, 1.165) is 22.8 Å². The quantitative estimate of drug-likeness (QED) is 0.478. The molecule has 0 aliphatic heterocycles. The Morgan fingerprint density at radius 3 is 2.89 bits per heavy atom. The number of nitrogens with zero attached hydrogens (tertiary/aromatic N) is 3. The molecule has 6 heteroatoms. The zero-order valence-corrected chi connectivity index (χ0v) is 15.1. The van der Waals surface area contributed by atoms with E-state index in [2.05, 4.69) is 21.0 Å². The van der Waals surface area contributed by atoms with Crippen molar-refractivity contribution in [3.05, 3.63) is 82.0 Å². The molecule has 3 aromatic heterocycles. The van der Waals surface area contributed by atoms with E-state index in [0.29, 0.717) is 22.6 Å². The van der Waals surface area contributed by atoms with Crippen molar-refractivity contribution in [2.24, 2.45) is 0 Å². The van der Waals surface area contributed by atoms with Gasteiger partial charge in [0.25, 0.3) is 5.56 Å². The number of benzene rings is 2. The predicted molar refractivity (Wildman–Crippen MR) is 108 cm³/mol. The second-order valence-corrected chi connectivity index (χ2v) is 6.99. The fourth-order valence-corrected chi connectivity index (χ4v) is 3.64. The van der Waals surface area contributed by atoms with Crippen molar-refractivity contribution in [3.8, 4) is 0 Å². The van der Waals surface area contributed by atoms with Gasteiger partial charge in [-0.1, -0.05) is 29.8 Å². The summed E-state index contributed by atoms with van der Waals surface area (Å²) in [4.78, 5) is 25.1. The van der Waals surface area contributed by atoms with Crippen molar-refractivity contribution in [1.82, 2.24) is 19.5 Å². The molecule has 0 atom stereocenters. The molecular weight excluding hydrogens is 360 g/mol. The fourth-order valence-electron chi connectivity index (χ4n) is 3.46. The van der Waals surface area contributed by atoms with E-state index in [9.17, 15) is 4.79 Å². The van der Waals surface area contributed by atoms with Crippen LogP contribution in [-0.2, 0) is 13.0 Å². The molecule has 0 amide bonds. The Morgan fingerprint density at radius 2 is 1.96 bits per heavy atom. The van der Waals surface area contributed by atoms with Gasteiger partial charge in [0.15, 0.2) is 5.65 Å². The highest BCUT2D eigenvalue weighted by molar-refractivity contribution is 6.31. The number of H-pyrrole nitrogens is 1. The number of hydrogen-bond donors (Lipinski definition) is 1. The van der Waals surface area contributed by atoms with Gasteiger partial charge < -0.3 is 4.98 Å². The van der Waals surface area contributed by atoms with E-state index in [4.69, 9.17) is 11.6 Å². The summed E-state index contributed by atoms with van der Waals surface area (Å²) in [7, 11) is 0. The Morgan fingerprint density at radius 1 is 1.07 bits per heavy atom. The minimum Gasteiger partial charge on any atom is -0.361 e. The predicted octanol–water partition coefficient (Wildman–Crippen LogP) is 4.32. The van der Waals surface area contributed by atoms with Gasteiger partial charge in [-0.25, -0.2) is 9.97 Å². The van der Waals surface area contributed by atoms with Crippen LogP contribution in [0.2, 0.25) is 5.02 Å². The molecule has 132 valence electrons. The first-order chi connectivity index (χ1) is 13.2. The van der Waals surface area contributed by atoms with Crippen molar-refractivity contribution in [2.45, 2.75) is 13.0 Å². The van der Waals surface area contributed by atoms with Crippen molar-refractivity contribution in [3.63, 3.8) is 0 Å². The molecule has 5 nitrogen and oxygen atoms in total. The number of aryl methyl sites for hydroxylation is 2. The summed E-state index contributed by atoms with van der Waals surface area (Å²) >= 11 is 6.07. The molecule has 2 aromatic carbocycles. The molecule has 5 aromatic rings. The maximum Gasteiger partial charge on any atom is 0.262 e. The number of nitrogens with one attached hydrogen (secondary N) is 1.